The molecular formula is C26H28N2O5. The summed E-state index contributed by atoms with van der Waals surface area (Å²) in [5, 5.41) is 14.7. The van der Waals surface area contributed by atoms with Crippen molar-refractivity contribution in [1.82, 2.24) is 10.6 Å². The lowest BCUT2D eigenvalue weighted by atomic mass is 9.98. The van der Waals surface area contributed by atoms with Gasteiger partial charge in [0.2, 0.25) is 5.91 Å². The molecule has 5 rings (SSSR count). The lowest BCUT2D eigenvalue weighted by molar-refractivity contribution is -0.137. The van der Waals surface area contributed by atoms with Crippen LogP contribution in [0.15, 0.2) is 48.5 Å². The number of fused-ring (bicyclic) bond motifs is 4. The number of carboxylic acid groups (broad SMARTS) is 1. The number of ether oxygens (including phenoxy) is 1. The highest BCUT2D eigenvalue weighted by atomic mass is 16.5. The van der Waals surface area contributed by atoms with Crippen molar-refractivity contribution >= 4 is 18.0 Å². The molecule has 33 heavy (non-hydrogen) atoms. The minimum absolute atomic E-state index is 0.00738. The van der Waals surface area contributed by atoms with E-state index in [1.54, 1.807) is 6.92 Å². The molecule has 2 amide bonds. The smallest absolute Gasteiger partial charge is 0.407 e. The lowest BCUT2D eigenvalue weighted by Crippen LogP contribution is -2.41. The highest BCUT2D eigenvalue weighted by Gasteiger charge is 2.65. The molecule has 0 heterocycles. The predicted molar refractivity (Wildman–Crippen MR) is 122 cm³/mol. The van der Waals surface area contributed by atoms with E-state index in [0.717, 1.165) is 12.8 Å². The molecule has 0 aromatic heterocycles. The first-order valence-electron chi connectivity index (χ1n) is 11.5. The Morgan fingerprint density at radius 1 is 1.06 bits per heavy atom. The summed E-state index contributed by atoms with van der Waals surface area (Å²) >= 11 is 0. The van der Waals surface area contributed by atoms with Gasteiger partial charge in [-0.25, -0.2) is 4.79 Å². The highest BCUT2D eigenvalue weighted by Crippen LogP contribution is 2.63. The Morgan fingerprint density at radius 3 is 2.33 bits per heavy atom. The average Bonchev–Trinajstić information content (AvgIpc) is 3.20. The van der Waals surface area contributed by atoms with E-state index < -0.39 is 23.5 Å². The molecule has 3 aliphatic rings. The van der Waals surface area contributed by atoms with Gasteiger partial charge in [0.25, 0.3) is 0 Å². The molecule has 0 aliphatic heterocycles. The average molecular weight is 449 g/mol. The van der Waals surface area contributed by atoms with Gasteiger partial charge in [-0.2, -0.15) is 0 Å². The second kappa shape index (κ2) is 8.21. The number of benzene rings is 2. The van der Waals surface area contributed by atoms with Crippen molar-refractivity contribution in [1.29, 1.82) is 0 Å². The van der Waals surface area contributed by atoms with Crippen LogP contribution in [0.4, 0.5) is 4.79 Å². The van der Waals surface area contributed by atoms with Crippen LogP contribution in [0, 0.1) is 11.3 Å². The number of aliphatic carboxylic acids is 1. The fraction of sp³-hybridized carbons (Fsp3) is 0.423. The standard InChI is InChI=1S/C26H28N2O5/c1-15(10-23(29)30)27-24(31)26-12-16(26)11-17(13-26)28-25(32)33-14-22-20-8-4-2-6-18(20)19-7-3-5-9-21(19)22/h2-9,15-17,22H,10-14H2,1H3,(H,27,31)(H,28,32)(H,29,30)/t15-,16?,17?,26?/m0/s1. The zero-order valence-corrected chi connectivity index (χ0v) is 18.5. The Bertz CT molecular complexity index is 1070. The minimum atomic E-state index is -0.936. The van der Waals surface area contributed by atoms with E-state index in [-0.39, 0.29) is 36.8 Å². The van der Waals surface area contributed by atoms with Crippen LogP contribution >= 0.6 is 0 Å². The summed E-state index contributed by atoms with van der Waals surface area (Å²) in [7, 11) is 0. The molecule has 0 saturated heterocycles. The van der Waals surface area contributed by atoms with Crippen LogP contribution in [0.25, 0.3) is 11.1 Å². The quantitative estimate of drug-likeness (QED) is 0.599. The van der Waals surface area contributed by atoms with Gasteiger partial charge in [-0.1, -0.05) is 48.5 Å². The molecule has 7 heteroatoms. The Hall–Kier alpha value is -3.35. The second-order valence-electron chi connectivity index (χ2n) is 9.64. The molecule has 2 saturated carbocycles. The fourth-order valence-electron chi connectivity index (χ4n) is 5.77. The topological polar surface area (TPSA) is 105 Å². The van der Waals surface area contributed by atoms with Crippen LogP contribution in [-0.2, 0) is 14.3 Å². The van der Waals surface area contributed by atoms with Gasteiger partial charge in [0.1, 0.15) is 6.61 Å². The number of rotatable bonds is 7. The number of hydrogen-bond acceptors (Lipinski definition) is 4. The summed E-state index contributed by atoms with van der Waals surface area (Å²) in [5.41, 5.74) is 4.22. The van der Waals surface area contributed by atoms with Gasteiger partial charge in [-0.15, -0.1) is 0 Å². The number of carboxylic acids is 1. The Morgan fingerprint density at radius 2 is 1.70 bits per heavy atom. The van der Waals surface area contributed by atoms with Crippen LogP contribution in [0.1, 0.15) is 49.7 Å². The number of nitrogens with one attached hydrogen (secondary N) is 2. The molecule has 3 unspecified atom stereocenters. The van der Waals surface area contributed by atoms with Crippen molar-refractivity contribution < 1.29 is 24.2 Å². The van der Waals surface area contributed by atoms with Crippen LogP contribution in [0.2, 0.25) is 0 Å². The number of carbonyl (C=O) groups is 3. The zero-order valence-electron chi connectivity index (χ0n) is 18.5. The summed E-state index contributed by atoms with van der Waals surface area (Å²) in [4.78, 5) is 36.1. The number of amides is 2. The van der Waals surface area contributed by atoms with Gasteiger partial charge in [0.05, 0.1) is 11.8 Å². The van der Waals surface area contributed by atoms with Crippen molar-refractivity contribution in [2.75, 3.05) is 6.61 Å². The number of hydrogen-bond donors (Lipinski definition) is 3. The van der Waals surface area contributed by atoms with Gasteiger partial charge in [0.15, 0.2) is 0 Å². The van der Waals surface area contributed by atoms with E-state index in [9.17, 15) is 14.4 Å². The third-order valence-corrected chi connectivity index (χ3v) is 7.39. The first-order valence-corrected chi connectivity index (χ1v) is 11.5. The maximum Gasteiger partial charge on any atom is 0.407 e. The molecule has 4 atom stereocenters. The van der Waals surface area contributed by atoms with E-state index >= 15 is 0 Å². The van der Waals surface area contributed by atoms with Crippen LogP contribution in [-0.4, -0.2) is 41.8 Å². The summed E-state index contributed by atoms with van der Waals surface area (Å²) in [5.74, 6) is -0.798. The lowest BCUT2D eigenvalue weighted by Gasteiger charge is -2.20. The molecule has 3 N–H and O–H groups in total. The monoisotopic (exact) mass is 448 g/mol. The molecule has 2 fully saturated rings. The molecule has 0 radical (unpaired) electrons. The zero-order chi connectivity index (χ0) is 23.2. The molecule has 0 bridgehead atoms. The molecule has 7 nitrogen and oxygen atoms in total. The maximum absolute atomic E-state index is 12.7. The first kappa shape index (κ1) is 21.5. The highest BCUT2D eigenvalue weighted by molar-refractivity contribution is 5.87. The Kier molecular flexibility index (Phi) is 5.35. The van der Waals surface area contributed by atoms with Crippen LogP contribution in [0.5, 0.6) is 0 Å². The SMILES string of the molecule is C[C@@H](CC(=O)O)NC(=O)C12CC(NC(=O)OCC3c4ccccc4-c4ccccc43)CC1C2. The van der Waals surface area contributed by atoms with Gasteiger partial charge in [-0.05, 0) is 54.4 Å². The number of carbonyl (C=O) groups excluding carboxylic acids is 2. The summed E-state index contributed by atoms with van der Waals surface area (Å²) < 4.78 is 5.64. The van der Waals surface area contributed by atoms with E-state index in [4.69, 9.17) is 9.84 Å². The van der Waals surface area contributed by atoms with Crippen LogP contribution < -0.4 is 10.6 Å². The maximum atomic E-state index is 12.7. The third kappa shape index (κ3) is 3.96. The molecule has 2 aromatic carbocycles. The van der Waals surface area contributed by atoms with Crippen molar-refractivity contribution in [3.8, 4) is 11.1 Å². The van der Waals surface area contributed by atoms with Gasteiger partial charge < -0.3 is 20.5 Å². The van der Waals surface area contributed by atoms with Crippen LogP contribution in [0.3, 0.4) is 0 Å². The van der Waals surface area contributed by atoms with Crippen molar-refractivity contribution in [3.63, 3.8) is 0 Å². The second-order valence-corrected chi connectivity index (χ2v) is 9.64. The Balaban J connectivity index is 1.16. The number of alkyl carbamates (subject to hydrolysis) is 1. The van der Waals surface area contributed by atoms with E-state index in [2.05, 4.69) is 34.9 Å². The van der Waals surface area contributed by atoms with Crippen molar-refractivity contribution in [2.45, 2.75) is 50.6 Å². The first-order chi connectivity index (χ1) is 15.9. The molecule has 172 valence electrons. The normalized spacial score (nSPS) is 25.4. The van der Waals surface area contributed by atoms with Gasteiger partial charge in [0, 0.05) is 18.0 Å². The third-order valence-electron chi connectivity index (χ3n) is 7.39. The summed E-state index contributed by atoms with van der Waals surface area (Å²) in [6, 6.07) is 15.9. The largest absolute Gasteiger partial charge is 0.481 e. The molecular weight excluding hydrogens is 420 g/mol. The minimum Gasteiger partial charge on any atom is -0.481 e. The van der Waals surface area contributed by atoms with Gasteiger partial charge >= 0.3 is 12.1 Å². The summed E-state index contributed by atoms with van der Waals surface area (Å²) in [6.07, 6.45) is 1.53. The Labute approximate surface area is 192 Å². The predicted octanol–water partition coefficient (Wildman–Crippen LogP) is 3.67. The fourth-order valence-corrected chi connectivity index (χ4v) is 5.77. The van der Waals surface area contributed by atoms with Crippen molar-refractivity contribution in [3.05, 3.63) is 59.7 Å². The molecule has 0 spiro atoms. The molecule has 3 aliphatic carbocycles. The van der Waals surface area contributed by atoms with E-state index in [1.807, 2.05) is 24.3 Å². The van der Waals surface area contributed by atoms with E-state index in [1.165, 1.54) is 22.3 Å². The van der Waals surface area contributed by atoms with Crippen molar-refractivity contribution in [2.24, 2.45) is 11.3 Å². The molecule has 2 aromatic rings. The van der Waals surface area contributed by atoms with Gasteiger partial charge in [-0.3, -0.25) is 9.59 Å². The van der Waals surface area contributed by atoms with E-state index in [0.29, 0.717) is 6.42 Å². The summed E-state index contributed by atoms with van der Waals surface area (Å²) in [6.45, 7) is 1.95.